The number of nitrogens with zero attached hydrogens (tertiary/aromatic N) is 3. The number of rotatable bonds is 9. The number of nitrogens with one attached hydrogen (secondary N) is 2. The summed E-state index contributed by atoms with van der Waals surface area (Å²) in [6, 6.07) is 12.1. The van der Waals surface area contributed by atoms with Crippen molar-refractivity contribution < 1.29 is 28.7 Å². The zero-order valence-corrected chi connectivity index (χ0v) is 24.4. The number of hydrogen-bond acceptors (Lipinski definition) is 8. The quantitative estimate of drug-likeness (QED) is 0.350. The molecule has 0 bridgehead atoms. The van der Waals surface area contributed by atoms with Crippen LogP contribution in [0.25, 0.3) is 0 Å². The van der Waals surface area contributed by atoms with Gasteiger partial charge in [0.05, 0.1) is 25.3 Å². The molecule has 3 amide bonds. The van der Waals surface area contributed by atoms with E-state index in [1.54, 1.807) is 44.1 Å². The Hall–Kier alpha value is -4.09. The summed E-state index contributed by atoms with van der Waals surface area (Å²) in [6.45, 7) is 8.87. The molecule has 0 saturated carbocycles. The third-order valence-electron chi connectivity index (χ3n) is 7.30. The van der Waals surface area contributed by atoms with E-state index in [9.17, 15) is 14.7 Å². The predicted octanol–water partition coefficient (Wildman–Crippen LogP) is 4.30. The van der Waals surface area contributed by atoms with Crippen molar-refractivity contribution in [2.45, 2.75) is 46.4 Å². The number of amides is 3. The van der Waals surface area contributed by atoms with E-state index in [0.29, 0.717) is 53.8 Å². The summed E-state index contributed by atoms with van der Waals surface area (Å²) >= 11 is 0. The number of ether oxygens (including phenoxy) is 2. The normalized spacial score (nSPS) is 17.8. The molecule has 0 saturated heterocycles. The summed E-state index contributed by atoms with van der Waals surface area (Å²) in [4.78, 5) is 30.3. The minimum Gasteiger partial charge on any atom is -0.497 e. The molecule has 0 radical (unpaired) electrons. The summed E-state index contributed by atoms with van der Waals surface area (Å²) < 4.78 is 16.8. The Balaban J connectivity index is 1.55. The molecule has 11 heteroatoms. The molecule has 1 aliphatic heterocycles. The van der Waals surface area contributed by atoms with Gasteiger partial charge in [0.15, 0.2) is 5.76 Å². The first-order valence-corrected chi connectivity index (χ1v) is 13.6. The molecule has 0 fully saturated rings. The van der Waals surface area contributed by atoms with Crippen LogP contribution in [0.3, 0.4) is 0 Å². The Morgan fingerprint density at radius 1 is 1.22 bits per heavy atom. The van der Waals surface area contributed by atoms with Crippen molar-refractivity contribution in [2.24, 2.45) is 5.92 Å². The summed E-state index contributed by atoms with van der Waals surface area (Å²) in [7, 11) is 3.68. The minimum absolute atomic E-state index is 0.0157. The largest absolute Gasteiger partial charge is 0.497 e. The number of aryl methyl sites for hydroxylation is 2. The Bertz CT molecular complexity index is 1340. The second-order valence-corrected chi connectivity index (χ2v) is 10.7. The molecule has 2 heterocycles. The van der Waals surface area contributed by atoms with Crippen LogP contribution in [-0.2, 0) is 6.54 Å². The lowest BCUT2D eigenvalue weighted by Crippen LogP contribution is -2.49. The van der Waals surface area contributed by atoms with Crippen LogP contribution >= 0.6 is 0 Å². The molecule has 3 atom stereocenters. The highest BCUT2D eigenvalue weighted by molar-refractivity contribution is 6.03. The van der Waals surface area contributed by atoms with E-state index in [2.05, 4.69) is 27.6 Å². The van der Waals surface area contributed by atoms with Crippen LogP contribution in [0.2, 0.25) is 0 Å². The smallest absolute Gasteiger partial charge is 0.323 e. The van der Waals surface area contributed by atoms with Crippen molar-refractivity contribution >= 4 is 23.3 Å². The first kappa shape index (κ1) is 29.9. The van der Waals surface area contributed by atoms with Gasteiger partial charge in [-0.15, -0.1) is 0 Å². The summed E-state index contributed by atoms with van der Waals surface area (Å²) in [5.74, 6) is 1.44. The number of benzene rings is 2. The highest BCUT2D eigenvalue weighted by atomic mass is 16.5. The van der Waals surface area contributed by atoms with Gasteiger partial charge in [0.25, 0.3) is 5.91 Å². The standard InChI is InChI=1S/C30H39N5O6/c1-18-14-35(19(2)17-36)29(37)25-13-23(31-30(38)32-28-20(3)33-41-21(28)4)9-12-26(25)40-27(18)16-34(5)15-22-7-10-24(39-6)11-8-22/h7-13,18-19,27,36H,14-17H2,1-6H3,(H2,31,32,38)/t18-,19+,27-/m0/s1. The van der Waals surface area contributed by atoms with Crippen molar-refractivity contribution in [3.8, 4) is 11.5 Å². The lowest BCUT2D eigenvalue weighted by atomic mass is 9.99. The summed E-state index contributed by atoms with van der Waals surface area (Å²) in [5.41, 5.74) is 2.93. The number of carbonyl (C=O) groups is 2. The van der Waals surface area contributed by atoms with E-state index in [-0.39, 0.29) is 24.5 Å². The van der Waals surface area contributed by atoms with Gasteiger partial charge < -0.3 is 34.6 Å². The van der Waals surface area contributed by atoms with Gasteiger partial charge in [0, 0.05) is 31.2 Å². The van der Waals surface area contributed by atoms with Gasteiger partial charge in [-0.25, -0.2) is 4.79 Å². The van der Waals surface area contributed by atoms with E-state index in [1.165, 1.54) is 0 Å². The molecule has 1 aliphatic rings. The van der Waals surface area contributed by atoms with Crippen molar-refractivity contribution in [2.75, 3.05) is 44.5 Å². The molecule has 3 N–H and O–H groups in total. The molecular weight excluding hydrogens is 526 g/mol. The van der Waals surface area contributed by atoms with Gasteiger partial charge in [-0.1, -0.05) is 24.2 Å². The van der Waals surface area contributed by atoms with Crippen molar-refractivity contribution in [1.82, 2.24) is 15.0 Å². The molecule has 2 aromatic carbocycles. The van der Waals surface area contributed by atoms with Gasteiger partial charge in [0.1, 0.15) is 29.0 Å². The van der Waals surface area contributed by atoms with E-state index in [1.807, 2.05) is 38.2 Å². The monoisotopic (exact) mass is 565 g/mol. The molecule has 4 rings (SSSR count). The molecule has 0 aliphatic carbocycles. The predicted molar refractivity (Wildman–Crippen MR) is 156 cm³/mol. The highest BCUT2D eigenvalue weighted by Gasteiger charge is 2.33. The maximum Gasteiger partial charge on any atom is 0.323 e. The molecule has 11 nitrogen and oxygen atoms in total. The fraction of sp³-hybridized carbons (Fsp3) is 0.433. The van der Waals surface area contributed by atoms with E-state index in [4.69, 9.17) is 14.0 Å². The number of aliphatic hydroxyl groups excluding tert-OH is 1. The number of anilines is 2. The zero-order chi connectivity index (χ0) is 29.7. The van der Waals surface area contributed by atoms with Crippen LogP contribution in [0.4, 0.5) is 16.2 Å². The average molecular weight is 566 g/mol. The second kappa shape index (κ2) is 13.0. The number of urea groups is 1. The van der Waals surface area contributed by atoms with Crippen LogP contribution in [0.15, 0.2) is 47.0 Å². The number of likely N-dealkylation sites (N-methyl/N-ethyl adjacent to an activating group) is 1. The number of hydrogen-bond donors (Lipinski definition) is 3. The zero-order valence-electron chi connectivity index (χ0n) is 24.4. The summed E-state index contributed by atoms with van der Waals surface area (Å²) in [5, 5.41) is 19.3. The van der Waals surface area contributed by atoms with Gasteiger partial charge in [-0.05, 0) is 63.7 Å². The number of carbonyl (C=O) groups excluding carboxylic acids is 2. The van der Waals surface area contributed by atoms with Crippen molar-refractivity contribution in [3.05, 3.63) is 65.0 Å². The molecular formula is C30H39N5O6. The topological polar surface area (TPSA) is 129 Å². The fourth-order valence-corrected chi connectivity index (χ4v) is 4.87. The number of methoxy groups -OCH3 is 1. The van der Waals surface area contributed by atoms with Gasteiger partial charge in [-0.2, -0.15) is 0 Å². The first-order valence-electron chi connectivity index (χ1n) is 13.6. The van der Waals surface area contributed by atoms with Crippen LogP contribution in [0.1, 0.15) is 41.2 Å². The molecule has 0 unspecified atom stereocenters. The molecule has 220 valence electrons. The first-order chi connectivity index (χ1) is 19.6. The summed E-state index contributed by atoms with van der Waals surface area (Å²) in [6.07, 6.45) is -0.236. The molecule has 41 heavy (non-hydrogen) atoms. The Labute approximate surface area is 240 Å². The minimum atomic E-state index is -0.495. The Morgan fingerprint density at radius 2 is 1.95 bits per heavy atom. The SMILES string of the molecule is COc1ccc(CN(C)C[C@@H]2Oc3ccc(NC(=O)Nc4c(C)noc4C)cc3C(=O)N([C@H](C)CO)C[C@@H]2C)cc1. The number of aromatic nitrogens is 1. The maximum absolute atomic E-state index is 13.7. The average Bonchev–Trinajstić information content (AvgIpc) is 3.27. The fourth-order valence-electron chi connectivity index (χ4n) is 4.87. The second-order valence-electron chi connectivity index (χ2n) is 10.7. The molecule has 0 spiro atoms. The third kappa shape index (κ3) is 7.17. The van der Waals surface area contributed by atoms with Crippen molar-refractivity contribution in [3.63, 3.8) is 0 Å². The Morgan fingerprint density at radius 3 is 2.59 bits per heavy atom. The maximum atomic E-state index is 13.7. The highest BCUT2D eigenvalue weighted by Crippen LogP contribution is 2.31. The van der Waals surface area contributed by atoms with Crippen LogP contribution in [-0.4, -0.2) is 78.0 Å². The molecule has 3 aromatic rings. The van der Waals surface area contributed by atoms with E-state index in [0.717, 1.165) is 11.3 Å². The van der Waals surface area contributed by atoms with Gasteiger partial charge >= 0.3 is 6.03 Å². The van der Waals surface area contributed by atoms with E-state index < -0.39 is 12.1 Å². The lowest BCUT2D eigenvalue weighted by Gasteiger charge is -2.38. The Kier molecular flexibility index (Phi) is 9.51. The lowest BCUT2D eigenvalue weighted by molar-refractivity contribution is 0.0341. The van der Waals surface area contributed by atoms with Crippen LogP contribution in [0, 0.1) is 19.8 Å². The van der Waals surface area contributed by atoms with Gasteiger partial charge in [0.2, 0.25) is 0 Å². The van der Waals surface area contributed by atoms with Crippen molar-refractivity contribution in [1.29, 1.82) is 0 Å². The molecule has 1 aromatic heterocycles. The van der Waals surface area contributed by atoms with Gasteiger partial charge in [-0.3, -0.25) is 9.69 Å². The number of fused-ring (bicyclic) bond motifs is 1. The number of aliphatic hydroxyl groups is 1. The third-order valence-corrected chi connectivity index (χ3v) is 7.30. The van der Waals surface area contributed by atoms with Crippen LogP contribution in [0.5, 0.6) is 11.5 Å². The van der Waals surface area contributed by atoms with E-state index >= 15 is 0 Å². The van der Waals surface area contributed by atoms with Crippen LogP contribution < -0.4 is 20.1 Å².